The van der Waals surface area contributed by atoms with E-state index in [9.17, 15) is 4.79 Å². The van der Waals surface area contributed by atoms with Crippen LogP contribution in [-0.2, 0) is 16.0 Å². The van der Waals surface area contributed by atoms with Gasteiger partial charge < -0.3 is 14.8 Å². The highest BCUT2D eigenvalue weighted by molar-refractivity contribution is 5.79. The summed E-state index contributed by atoms with van der Waals surface area (Å²) in [5.41, 5.74) is 0.896. The molecule has 3 rings (SSSR count). The van der Waals surface area contributed by atoms with Gasteiger partial charge in [0.1, 0.15) is 11.8 Å². The largest absolute Gasteiger partial charge is 0.479 e. The van der Waals surface area contributed by atoms with Crippen molar-refractivity contribution >= 4 is 5.91 Å². The topological polar surface area (TPSA) is 74.6 Å². The number of likely N-dealkylation sites (tertiary alicyclic amines) is 1. The van der Waals surface area contributed by atoms with E-state index in [1.807, 2.05) is 24.3 Å². The van der Waals surface area contributed by atoms with Crippen LogP contribution in [0.25, 0.3) is 0 Å². The van der Waals surface area contributed by atoms with Crippen molar-refractivity contribution in [2.45, 2.75) is 50.3 Å². The standard InChI is InChI=1S/C20H27N3O3/c1-25-17-8-10-23(14-17)19-7-3-6-18(19)22-20(24)13-15-4-2-5-16(12-15)26-11-9-21/h2,4-5,12,17-19H,3,6-8,10-11,13-14H2,1H3,(H,22,24)/t17?,18-,19+/m1/s1. The monoisotopic (exact) mass is 357 g/mol. The molecule has 2 fully saturated rings. The van der Waals surface area contributed by atoms with Crippen LogP contribution in [0.2, 0.25) is 0 Å². The first-order chi connectivity index (χ1) is 12.7. The average Bonchev–Trinajstić information content (AvgIpc) is 3.29. The minimum atomic E-state index is 0.0116. The lowest BCUT2D eigenvalue weighted by Gasteiger charge is -2.30. The summed E-state index contributed by atoms with van der Waals surface area (Å²) in [6, 6.07) is 9.97. The van der Waals surface area contributed by atoms with Gasteiger partial charge in [-0.3, -0.25) is 9.69 Å². The molecule has 0 spiro atoms. The number of carbonyl (C=O) groups is 1. The molecule has 1 aromatic carbocycles. The number of rotatable bonds is 7. The molecule has 1 aliphatic heterocycles. The summed E-state index contributed by atoms with van der Waals surface area (Å²) >= 11 is 0. The predicted octanol–water partition coefficient (Wildman–Crippen LogP) is 1.89. The molecule has 1 aromatic rings. The second kappa shape index (κ2) is 9.02. The Balaban J connectivity index is 1.53. The Morgan fingerprint density at radius 1 is 1.38 bits per heavy atom. The third-order valence-corrected chi connectivity index (χ3v) is 5.37. The molecule has 1 heterocycles. The Hall–Kier alpha value is -2.10. The molecular formula is C20H27N3O3. The van der Waals surface area contributed by atoms with Crippen LogP contribution in [0.5, 0.6) is 5.75 Å². The molecule has 1 aliphatic carbocycles. The molecule has 6 heteroatoms. The number of hydrogen-bond acceptors (Lipinski definition) is 5. The van der Waals surface area contributed by atoms with Crippen LogP contribution in [0.15, 0.2) is 24.3 Å². The van der Waals surface area contributed by atoms with Crippen LogP contribution >= 0.6 is 0 Å². The van der Waals surface area contributed by atoms with E-state index in [2.05, 4.69) is 10.2 Å². The Kier molecular flexibility index (Phi) is 6.48. The van der Waals surface area contributed by atoms with Crippen LogP contribution in [0.4, 0.5) is 0 Å². The second-order valence-corrected chi connectivity index (χ2v) is 7.08. The molecule has 6 nitrogen and oxygen atoms in total. The SMILES string of the molecule is COC1CCN([C@H]2CCC[C@H]2NC(=O)Cc2cccc(OCC#N)c2)C1. The maximum atomic E-state index is 12.5. The minimum absolute atomic E-state index is 0.0116. The van der Waals surface area contributed by atoms with Crippen molar-refractivity contribution < 1.29 is 14.3 Å². The van der Waals surface area contributed by atoms with E-state index >= 15 is 0 Å². The lowest BCUT2D eigenvalue weighted by Crippen LogP contribution is -2.48. The molecule has 2 aliphatic rings. The quantitative estimate of drug-likeness (QED) is 0.807. The number of carbonyl (C=O) groups excluding carboxylic acids is 1. The van der Waals surface area contributed by atoms with Crippen LogP contribution < -0.4 is 10.1 Å². The fourth-order valence-electron chi connectivity index (χ4n) is 4.10. The highest BCUT2D eigenvalue weighted by Crippen LogP contribution is 2.28. The number of hydrogen-bond donors (Lipinski definition) is 1. The number of nitrogens with one attached hydrogen (secondary N) is 1. The van der Waals surface area contributed by atoms with Gasteiger partial charge in [-0.25, -0.2) is 0 Å². The van der Waals surface area contributed by atoms with Crippen molar-refractivity contribution in [2.75, 3.05) is 26.8 Å². The maximum Gasteiger partial charge on any atom is 0.224 e. The van der Waals surface area contributed by atoms with Gasteiger partial charge in [0, 0.05) is 32.3 Å². The Morgan fingerprint density at radius 2 is 2.27 bits per heavy atom. The lowest BCUT2D eigenvalue weighted by atomic mass is 10.1. The number of ether oxygens (including phenoxy) is 2. The summed E-state index contributed by atoms with van der Waals surface area (Å²) in [6.07, 6.45) is 5.05. The predicted molar refractivity (Wildman–Crippen MR) is 97.8 cm³/mol. The van der Waals surface area contributed by atoms with Crippen molar-refractivity contribution in [3.05, 3.63) is 29.8 Å². The first-order valence-corrected chi connectivity index (χ1v) is 9.34. The van der Waals surface area contributed by atoms with E-state index in [-0.39, 0.29) is 18.6 Å². The van der Waals surface area contributed by atoms with Gasteiger partial charge in [-0.15, -0.1) is 0 Å². The summed E-state index contributed by atoms with van der Waals surface area (Å²) in [7, 11) is 1.77. The second-order valence-electron chi connectivity index (χ2n) is 7.08. The molecule has 26 heavy (non-hydrogen) atoms. The van der Waals surface area contributed by atoms with E-state index in [4.69, 9.17) is 14.7 Å². The van der Waals surface area contributed by atoms with Gasteiger partial charge in [0.05, 0.1) is 12.5 Å². The fraction of sp³-hybridized carbons (Fsp3) is 0.600. The summed E-state index contributed by atoms with van der Waals surface area (Å²) in [5, 5.41) is 11.8. The zero-order valence-electron chi connectivity index (χ0n) is 15.3. The molecule has 1 N–H and O–H groups in total. The molecule has 0 bridgehead atoms. The van der Waals surface area contributed by atoms with Crippen LogP contribution in [-0.4, -0.2) is 55.8 Å². The van der Waals surface area contributed by atoms with Crippen LogP contribution in [0.3, 0.4) is 0 Å². The average molecular weight is 357 g/mol. The van der Waals surface area contributed by atoms with Gasteiger partial charge in [0.25, 0.3) is 0 Å². The highest BCUT2D eigenvalue weighted by atomic mass is 16.5. The molecule has 0 aromatic heterocycles. The number of nitriles is 1. The number of methoxy groups -OCH3 is 1. The normalized spacial score (nSPS) is 25.8. The van der Waals surface area contributed by atoms with E-state index in [1.165, 1.54) is 0 Å². The van der Waals surface area contributed by atoms with Crippen molar-refractivity contribution in [3.63, 3.8) is 0 Å². The third-order valence-electron chi connectivity index (χ3n) is 5.37. The lowest BCUT2D eigenvalue weighted by molar-refractivity contribution is -0.121. The van der Waals surface area contributed by atoms with E-state index in [0.717, 1.165) is 44.3 Å². The molecule has 0 radical (unpaired) electrons. The Bertz CT molecular complexity index is 658. The highest BCUT2D eigenvalue weighted by Gasteiger charge is 2.36. The van der Waals surface area contributed by atoms with E-state index in [1.54, 1.807) is 13.2 Å². The zero-order chi connectivity index (χ0) is 18.4. The summed E-state index contributed by atoms with van der Waals surface area (Å²) in [4.78, 5) is 15.0. The van der Waals surface area contributed by atoms with Gasteiger partial charge in [0.15, 0.2) is 6.61 Å². The molecular weight excluding hydrogens is 330 g/mol. The van der Waals surface area contributed by atoms with Crippen molar-refractivity contribution in [3.8, 4) is 11.8 Å². The maximum absolute atomic E-state index is 12.5. The number of nitrogens with zero attached hydrogens (tertiary/aromatic N) is 2. The fourth-order valence-corrected chi connectivity index (χ4v) is 4.10. The van der Waals surface area contributed by atoms with E-state index in [0.29, 0.717) is 24.3 Å². The number of amides is 1. The van der Waals surface area contributed by atoms with Gasteiger partial charge in [-0.2, -0.15) is 5.26 Å². The van der Waals surface area contributed by atoms with Crippen molar-refractivity contribution in [1.29, 1.82) is 5.26 Å². The molecule has 140 valence electrons. The first kappa shape index (κ1) is 18.7. The van der Waals surface area contributed by atoms with Gasteiger partial charge in [-0.1, -0.05) is 12.1 Å². The minimum Gasteiger partial charge on any atom is -0.479 e. The summed E-state index contributed by atoms with van der Waals surface area (Å²) < 4.78 is 10.8. The molecule has 1 saturated carbocycles. The van der Waals surface area contributed by atoms with E-state index < -0.39 is 0 Å². The van der Waals surface area contributed by atoms with Gasteiger partial charge >= 0.3 is 0 Å². The summed E-state index contributed by atoms with van der Waals surface area (Å²) in [5.74, 6) is 0.667. The molecule has 3 atom stereocenters. The number of benzene rings is 1. The molecule has 1 amide bonds. The van der Waals surface area contributed by atoms with Crippen LogP contribution in [0.1, 0.15) is 31.2 Å². The first-order valence-electron chi connectivity index (χ1n) is 9.34. The summed E-state index contributed by atoms with van der Waals surface area (Å²) in [6.45, 7) is 2.03. The van der Waals surface area contributed by atoms with Crippen molar-refractivity contribution in [1.82, 2.24) is 10.2 Å². The molecule has 1 saturated heterocycles. The molecule has 1 unspecified atom stereocenters. The van der Waals surface area contributed by atoms with Crippen molar-refractivity contribution in [2.24, 2.45) is 0 Å². The van der Waals surface area contributed by atoms with Gasteiger partial charge in [0.2, 0.25) is 5.91 Å². The Morgan fingerprint density at radius 3 is 3.04 bits per heavy atom. The zero-order valence-corrected chi connectivity index (χ0v) is 15.3. The van der Waals surface area contributed by atoms with Gasteiger partial charge in [-0.05, 0) is 43.4 Å². The Labute approximate surface area is 155 Å². The third kappa shape index (κ3) is 4.75. The van der Waals surface area contributed by atoms with Crippen LogP contribution in [0, 0.1) is 11.3 Å². The smallest absolute Gasteiger partial charge is 0.224 e.